The van der Waals surface area contributed by atoms with Crippen LogP contribution < -0.4 is 10.5 Å². The van der Waals surface area contributed by atoms with E-state index in [2.05, 4.69) is 20.4 Å². The van der Waals surface area contributed by atoms with Crippen LogP contribution in [0.1, 0.15) is 44.5 Å². The van der Waals surface area contributed by atoms with Crippen molar-refractivity contribution in [3.63, 3.8) is 0 Å². The molecule has 0 bridgehead atoms. The van der Waals surface area contributed by atoms with E-state index in [4.69, 9.17) is 10.5 Å². The number of rotatable bonds is 5. The lowest BCUT2D eigenvalue weighted by Crippen LogP contribution is -1.99. The fraction of sp³-hybridized carbons (Fsp3) is 0.250. The third-order valence-corrected chi connectivity index (χ3v) is 2.90. The molecule has 2 rings (SSSR count). The minimum atomic E-state index is -0.0520. The molecule has 3 nitrogen and oxygen atoms in total. The summed E-state index contributed by atoms with van der Waals surface area (Å²) in [6.07, 6.45) is 1.25. The molecule has 0 amide bonds. The summed E-state index contributed by atoms with van der Waals surface area (Å²) in [7, 11) is 0. The lowest BCUT2D eigenvalue weighted by Gasteiger charge is -2.07. The molecular weight excluding hydrogens is 286 g/mol. The zero-order chi connectivity index (χ0) is 17.2. The first-order chi connectivity index (χ1) is 11.0. The van der Waals surface area contributed by atoms with Crippen molar-refractivity contribution in [2.45, 2.75) is 33.7 Å². The van der Waals surface area contributed by atoms with Gasteiger partial charge in [0.05, 0.1) is 0 Å². The molecule has 2 aromatic carbocycles. The number of carbonyl (C=O) groups excluding carboxylic acids is 1. The highest BCUT2D eigenvalue weighted by Gasteiger charge is 2.06. The quantitative estimate of drug-likeness (QED) is 0.597. The van der Waals surface area contributed by atoms with Gasteiger partial charge in [-0.25, -0.2) is 0 Å². The molecule has 0 unspecified atom stereocenters. The largest absolute Gasteiger partial charge is 0.457 e. The van der Waals surface area contributed by atoms with E-state index in [1.54, 1.807) is 31.2 Å². The van der Waals surface area contributed by atoms with Crippen LogP contribution in [-0.4, -0.2) is 5.78 Å². The van der Waals surface area contributed by atoms with Crippen molar-refractivity contribution in [3.8, 4) is 11.5 Å². The van der Waals surface area contributed by atoms with Crippen molar-refractivity contribution in [3.05, 3.63) is 71.8 Å². The van der Waals surface area contributed by atoms with E-state index in [0.29, 0.717) is 23.4 Å². The van der Waals surface area contributed by atoms with Gasteiger partial charge in [0.2, 0.25) is 0 Å². The maximum absolute atomic E-state index is 11.7. The Hall–Kier alpha value is -2.39. The van der Waals surface area contributed by atoms with Gasteiger partial charge < -0.3 is 10.5 Å². The molecule has 0 saturated heterocycles. The average Bonchev–Trinajstić information content (AvgIpc) is 2.56. The van der Waals surface area contributed by atoms with Gasteiger partial charge in [-0.3, -0.25) is 4.79 Å². The molecule has 0 spiro atoms. The summed E-state index contributed by atoms with van der Waals surface area (Å²) in [5.41, 5.74) is 7.74. The van der Waals surface area contributed by atoms with Gasteiger partial charge in [-0.15, -0.1) is 0 Å². The molecule has 0 aliphatic rings. The minimum Gasteiger partial charge on any atom is -0.457 e. The summed E-state index contributed by atoms with van der Waals surface area (Å²) in [4.78, 5) is 11.7. The van der Waals surface area contributed by atoms with Gasteiger partial charge in [0.1, 0.15) is 11.5 Å². The lowest BCUT2D eigenvalue weighted by atomic mass is 10.1. The number of hydrogen-bond acceptors (Lipinski definition) is 3. The molecule has 0 aromatic heterocycles. The zero-order valence-corrected chi connectivity index (χ0v) is 14.1. The first kappa shape index (κ1) is 18.7. The van der Waals surface area contributed by atoms with Gasteiger partial charge in [0.15, 0.2) is 5.78 Å². The number of carbonyl (C=O) groups is 1. The van der Waals surface area contributed by atoms with Gasteiger partial charge in [0, 0.05) is 13.5 Å². The van der Waals surface area contributed by atoms with E-state index in [-0.39, 0.29) is 7.21 Å². The van der Waals surface area contributed by atoms with E-state index < -0.39 is 0 Å². The van der Waals surface area contributed by atoms with Crippen LogP contribution in [0.2, 0.25) is 0 Å². The molecule has 0 heterocycles. The van der Waals surface area contributed by atoms with Crippen LogP contribution in [-0.2, 0) is 6.54 Å². The Balaban J connectivity index is 0.00000123. The SMILES string of the molecule is C=C(C)C(=O)c1ccc(Oc2ccc(CN)cc2)cc1.CCC.[HH]. The maximum atomic E-state index is 11.7. The zero-order valence-electron chi connectivity index (χ0n) is 14.1. The standard InChI is InChI=1S/C17H17NO2.C3H8.H2/c1-12(2)17(19)14-5-9-16(10-6-14)20-15-7-3-13(11-18)4-8-15;1-3-2;/h3-10H,1,11,18H2,2H3;3H2,1-2H3;1H. The number of benzene rings is 2. The molecule has 0 radical (unpaired) electrons. The summed E-state index contributed by atoms with van der Waals surface area (Å²) in [6, 6.07) is 14.6. The van der Waals surface area contributed by atoms with Gasteiger partial charge in [-0.05, 0) is 54.5 Å². The second-order valence-electron chi connectivity index (χ2n) is 5.29. The highest BCUT2D eigenvalue weighted by atomic mass is 16.5. The van der Waals surface area contributed by atoms with Crippen LogP contribution >= 0.6 is 0 Å². The highest BCUT2D eigenvalue weighted by molar-refractivity contribution is 6.07. The van der Waals surface area contributed by atoms with Crippen LogP contribution in [0.3, 0.4) is 0 Å². The molecule has 2 N–H and O–H groups in total. The number of nitrogens with two attached hydrogens (primary N) is 1. The molecule has 0 atom stereocenters. The maximum Gasteiger partial charge on any atom is 0.188 e. The van der Waals surface area contributed by atoms with Gasteiger partial charge in [0.25, 0.3) is 0 Å². The fourth-order valence-electron chi connectivity index (χ4n) is 1.75. The molecule has 0 aliphatic carbocycles. The monoisotopic (exact) mass is 313 g/mol. The Kier molecular flexibility index (Phi) is 7.78. The summed E-state index contributed by atoms with van der Waals surface area (Å²) in [5, 5.41) is 0. The second kappa shape index (κ2) is 9.59. The number of ketones is 1. The Labute approximate surface area is 140 Å². The Morgan fingerprint density at radius 2 is 1.48 bits per heavy atom. The van der Waals surface area contributed by atoms with Gasteiger partial charge >= 0.3 is 0 Å². The van der Waals surface area contributed by atoms with E-state index in [1.807, 2.05) is 24.3 Å². The topological polar surface area (TPSA) is 52.3 Å². The molecule has 0 aliphatic heterocycles. The number of hydrogen-bond donors (Lipinski definition) is 1. The summed E-state index contributed by atoms with van der Waals surface area (Å²) < 4.78 is 5.70. The number of allylic oxidation sites excluding steroid dienone is 1. The van der Waals surface area contributed by atoms with Crippen molar-refractivity contribution in [2.24, 2.45) is 5.73 Å². The van der Waals surface area contributed by atoms with Crippen molar-refractivity contribution in [1.29, 1.82) is 0 Å². The van der Waals surface area contributed by atoms with Crippen LogP contribution in [0.5, 0.6) is 11.5 Å². The predicted octanol–water partition coefficient (Wildman–Crippen LogP) is 5.36. The molecule has 0 fully saturated rings. The van der Waals surface area contributed by atoms with Crippen LogP contribution in [0.15, 0.2) is 60.7 Å². The van der Waals surface area contributed by atoms with E-state index >= 15 is 0 Å². The Morgan fingerprint density at radius 1 is 1.04 bits per heavy atom. The molecule has 2 aromatic rings. The van der Waals surface area contributed by atoms with E-state index in [0.717, 1.165) is 11.3 Å². The minimum absolute atomic E-state index is 0. The van der Waals surface area contributed by atoms with Gasteiger partial charge in [-0.2, -0.15) is 0 Å². The van der Waals surface area contributed by atoms with Crippen LogP contribution in [0, 0.1) is 0 Å². The van der Waals surface area contributed by atoms with E-state index in [9.17, 15) is 4.79 Å². The predicted molar refractivity (Wildman–Crippen MR) is 98.1 cm³/mol. The summed E-state index contributed by atoms with van der Waals surface area (Å²) in [5.74, 6) is 1.37. The average molecular weight is 313 g/mol. The van der Waals surface area contributed by atoms with Crippen molar-refractivity contribution in [2.75, 3.05) is 0 Å². The second-order valence-corrected chi connectivity index (χ2v) is 5.29. The first-order valence-corrected chi connectivity index (χ1v) is 7.78. The van der Waals surface area contributed by atoms with E-state index in [1.165, 1.54) is 6.42 Å². The van der Waals surface area contributed by atoms with Crippen molar-refractivity contribution < 1.29 is 11.0 Å². The third-order valence-electron chi connectivity index (χ3n) is 2.90. The van der Waals surface area contributed by atoms with Crippen LogP contribution in [0.25, 0.3) is 0 Å². The smallest absolute Gasteiger partial charge is 0.188 e. The molecule has 3 heteroatoms. The summed E-state index contributed by atoms with van der Waals surface area (Å²) in [6.45, 7) is 10.1. The summed E-state index contributed by atoms with van der Waals surface area (Å²) >= 11 is 0. The molecule has 23 heavy (non-hydrogen) atoms. The Morgan fingerprint density at radius 3 is 1.87 bits per heavy atom. The van der Waals surface area contributed by atoms with Crippen molar-refractivity contribution in [1.82, 2.24) is 0 Å². The fourth-order valence-corrected chi connectivity index (χ4v) is 1.75. The van der Waals surface area contributed by atoms with Gasteiger partial charge in [-0.1, -0.05) is 39.0 Å². The first-order valence-electron chi connectivity index (χ1n) is 7.78. The number of Topliss-reactive ketones (excluding diaryl/α,β-unsaturated/α-hetero) is 1. The highest BCUT2D eigenvalue weighted by Crippen LogP contribution is 2.22. The third kappa shape index (κ3) is 6.09. The molecule has 0 saturated carbocycles. The lowest BCUT2D eigenvalue weighted by molar-refractivity contribution is 0.103. The normalized spacial score (nSPS) is 9.57. The van der Waals surface area contributed by atoms with Crippen LogP contribution in [0.4, 0.5) is 0 Å². The molecular formula is C20H27NO2. The van der Waals surface area contributed by atoms with Crippen molar-refractivity contribution >= 4 is 5.78 Å². The molecule has 124 valence electrons. The number of ether oxygens (including phenoxy) is 1. The Bertz CT molecular complexity index is 634.